The average Bonchev–Trinajstić information content (AvgIpc) is 2.28. The van der Waals surface area contributed by atoms with Crippen molar-refractivity contribution in [1.82, 2.24) is 5.32 Å². The number of hydrogen-bond donors (Lipinski definition) is 2. The molecule has 0 radical (unpaired) electrons. The minimum atomic E-state index is -1.08. The summed E-state index contributed by atoms with van der Waals surface area (Å²) >= 11 is 5.70. The van der Waals surface area contributed by atoms with Gasteiger partial charge in [-0.05, 0) is 37.6 Å². The van der Waals surface area contributed by atoms with E-state index in [1.54, 1.807) is 19.1 Å². The second-order valence-electron chi connectivity index (χ2n) is 4.03. The summed E-state index contributed by atoms with van der Waals surface area (Å²) in [5, 5.41) is 11.9. The normalized spacial score (nSPS) is 11.7. The third-order valence-electron chi connectivity index (χ3n) is 2.26. The van der Waals surface area contributed by atoms with Gasteiger partial charge in [0.05, 0.1) is 0 Å². The smallest absolute Gasteiger partial charge is 0.326 e. The molecule has 0 unspecified atom stereocenters. The van der Waals surface area contributed by atoms with Crippen LogP contribution in [0.3, 0.4) is 0 Å². The van der Waals surface area contributed by atoms with Crippen LogP contribution in [0, 0.1) is 0 Å². The molecule has 1 rings (SSSR count). The van der Waals surface area contributed by atoms with Crippen molar-refractivity contribution < 1.29 is 14.7 Å². The van der Waals surface area contributed by atoms with Crippen LogP contribution < -0.4 is 5.32 Å². The Bertz CT molecular complexity index is 468. The number of nitrogens with one attached hydrogen (secondary N) is 1. The third kappa shape index (κ3) is 4.22. The summed E-state index contributed by atoms with van der Waals surface area (Å²) in [6, 6.07) is 5.26. The highest BCUT2D eigenvalue weighted by Crippen LogP contribution is 2.10. The first-order chi connectivity index (χ1) is 8.40. The number of amides is 1. The van der Waals surface area contributed by atoms with Gasteiger partial charge in [0.15, 0.2) is 0 Å². The van der Waals surface area contributed by atoms with Gasteiger partial charge in [-0.3, -0.25) is 4.79 Å². The van der Waals surface area contributed by atoms with E-state index < -0.39 is 17.9 Å². The van der Waals surface area contributed by atoms with E-state index in [2.05, 4.69) is 11.9 Å². The molecule has 1 aromatic carbocycles. The summed E-state index contributed by atoms with van der Waals surface area (Å²) in [5.74, 6) is -1.53. The van der Waals surface area contributed by atoms with Crippen molar-refractivity contribution in [2.75, 3.05) is 0 Å². The Morgan fingerprint density at radius 1 is 1.39 bits per heavy atom. The summed E-state index contributed by atoms with van der Waals surface area (Å²) in [7, 11) is 0. The zero-order chi connectivity index (χ0) is 13.7. The van der Waals surface area contributed by atoms with Gasteiger partial charge >= 0.3 is 5.97 Å². The molecule has 96 valence electrons. The van der Waals surface area contributed by atoms with Crippen LogP contribution in [0.15, 0.2) is 36.4 Å². The lowest BCUT2D eigenvalue weighted by Crippen LogP contribution is -2.40. The Labute approximate surface area is 110 Å². The van der Waals surface area contributed by atoms with Gasteiger partial charge in [-0.2, -0.15) is 0 Å². The van der Waals surface area contributed by atoms with E-state index in [0.29, 0.717) is 16.2 Å². The van der Waals surface area contributed by atoms with Crippen molar-refractivity contribution in [2.24, 2.45) is 0 Å². The second kappa shape index (κ2) is 6.21. The molecule has 0 heterocycles. The molecule has 1 aromatic rings. The molecular formula is C13H14ClNO3. The maximum atomic E-state index is 11.8. The average molecular weight is 268 g/mol. The van der Waals surface area contributed by atoms with Crippen molar-refractivity contribution >= 4 is 23.5 Å². The van der Waals surface area contributed by atoms with E-state index in [1.807, 2.05) is 0 Å². The van der Waals surface area contributed by atoms with Crippen molar-refractivity contribution in [3.8, 4) is 0 Å². The molecule has 2 N–H and O–H groups in total. The molecule has 0 saturated carbocycles. The lowest BCUT2D eigenvalue weighted by atomic mass is 10.1. The zero-order valence-electron chi connectivity index (χ0n) is 9.94. The quantitative estimate of drug-likeness (QED) is 0.806. The van der Waals surface area contributed by atoms with E-state index in [9.17, 15) is 9.59 Å². The first-order valence-corrected chi connectivity index (χ1v) is 5.71. The summed E-state index contributed by atoms with van der Waals surface area (Å²) in [5.41, 5.74) is 1.06. The summed E-state index contributed by atoms with van der Waals surface area (Å²) in [4.78, 5) is 22.8. The maximum Gasteiger partial charge on any atom is 0.326 e. The molecule has 0 bridgehead atoms. The van der Waals surface area contributed by atoms with Gasteiger partial charge in [0.2, 0.25) is 0 Å². The summed E-state index contributed by atoms with van der Waals surface area (Å²) < 4.78 is 0. The lowest BCUT2D eigenvalue weighted by molar-refractivity contribution is -0.139. The maximum absolute atomic E-state index is 11.8. The molecule has 0 fully saturated rings. The van der Waals surface area contributed by atoms with E-state index >= 15 is 0 Å². The van der Waals surface area contributed by atoms with E-state index in [4.69, 9.17) is 16.7 Å². The molecule has 18 heavy (non-hydrogen) atoms. The standard InChI is InChI=1S/C13H14ClNO3/c1-8(2)7-11(13(17)18)15-12(16)9-3-5-10(14)6-4-9/h3-6,11H,1,7H2,2H3,(H,15,16)(H,17,18)/t11-/m0/s1. The molecule has 0 spiro atoms. The van der Waals surface area contributed by atoms with Gasteiger partial charge in [0.1, 0.15) is 6.04 Å². The van der Waals surface area contributed by atoms with Crippen LogP contribution in [0.5, 0.6) is 0 Å². The third-order valence-corrected chi connectivity index (χ3v) is 2.51. The van der Waals surface area contributed by atoms with Gasteiger partial charge in [-0.25, -0.2) is 4.79 Å². The number of benzene rings is 1. The van der Waals surface area contributed by atoms with Gasteiger partial charge in [-0.15, -0.1) is 6.58 Å². The van der Waals surface area contributed by atoms with E-state index in [-0.39, 0.29) is 6.42 Å². The van der Waals surface area contributed by atoms with Crippen molar-refractivity contribution in [2.45, 2.75) is 19.4 Å². The molecular weight excluding hydrogens is 254 g/mol. The van der Waals surface area contributed by atoms with E-state index in [1.165, 1.54) is 12.1 Å². The Balaban J connectivity index is 2.75. The largest absolute Gasteiger partial charge is 0.480 e. The van der Waals surface area contributed by atoms with Crippen LogP contribution in [0.4, 0.5) is 0 Å². The number of hydrogen-bond acceptors (Lipinski definition) is 2. The lowest BCUT2D eigenvalue weighted by Gasteiger charge is -2.14. The molecule has 4 nitrogen and oxygen atoms in total. The molecule has 1 amide bonds. The van der Waals surface area contributed by atoms with Gasteiger partial charge in [-0.1, -0.05) is 17.2 Å². The van der Waals surface area contributed by atoms with Crippen LogP contribution in [-0.2, 0) is 4.79 Å². The van der Waals surface area contributed by atoms with Crippen LogP contribution in [-0.4, -0.2) is 23.0 Å². The van der Waals surface area contributed by atoms with Gasteiger partial charge in [0, 0.05) is 10.6 Å². The predicted molar refractivity (Wildman–Crippen MR) is 69.8 cm³/mol. The first kappa shape index (κ1) is 14.3. The highest BCUT2D eigenvalue weighted by Gasteiger charge is 2.20. The minimum Gasteiger partial charge on any atom is -0.480 e. The number of aliphatic carboxylic acids is 1. The first-order valence-electron chi connectivity index (χ1n) is 5.33. The number of halogens is 1. The molecule has 5 heteroatoms. The van der Waals surface area contributed by atoms with Gasteiger partial charge < -0.3 is 10.4 Å². The monoisotopic (exact) mass is 267 g/mol. The molecule has 0 aliphatic rings. The number of rotatable bonds is 5. The van der Waals surface area contributed by atoms with Gasteiger partial charge in [0.25, 0.3) is 5.91 Å². The summed E-state index contributed by atoms with van der Waals surface area (Å²) in [6.07, 6.45) is 0.203. The fraction of sp³-hybridized carbons (Fsp3) is 0.231. The Hall–Kier alpha value is -1.81. The van der Waals surface area contributed by atoms with Crippen LogP contribution >= 0.6 is 11.6 Å². The zero-order valence-corrected chi connectivity index (χ0v) is 10.7. The SMILES string of the molecule is C=C(C)C[C@H](NC(=O)c1ccc(Cl)cc1)C(=O)O. The molecule has 0 aromatic heterocycles. The second-order valence-corrected chi connectivity index (χ2v) is 4.47. The molecule has 0 aliphatic heterocycles. The number of carbonyl (C=O) groups is 2. The van der Waals surface area contributed by atoms with Crippen molar-refractivity contribution in [1.29, 1.82) is 0 Å². The Kier molecular flexibility index (Phi) is 4.92. The minimum absolute atomic E-state index is 0.203. The van der Waals surface area contributed by atoms with Crippen LogP contribution in [0.25, 0.3) is 0 Å². The van der Waals surface area contributed by atoms with Crippen LogP contribution in [0.1, 0.15) is 23.7 Å². The molecule has 1 atom stereocenters. The molecule has 0 aliphatic carbocycles. The fourth-order valence-electron chi connectivity index (χ4n) is 1.39. The fourth-order valence-corrected chi connectivity index (χ4v) is 1.52. The highest BCUT2D eigenvalue weighted by atomic mass is 35.5. The van der Waals surface area contributed by atoms with Crippen LogP contribution in [0.2, 0.25) is 5.02 Å². The topological polar surface area (TPSA) is 66.4 Å². The summed E-state index contributed by atoms with van der Waals surface area (Å²) in [6.45, 7) is 5.35. The number of carboxylic acid groups (broad SMARTS) is 1. The Morgan fingerprint density at radius 2 is 1.94 bits per heavy atom. The number of carboxylic acids is 1. The predicted octanol–water partition coefficient (Wildman–Crippen LogP) is 2.49. The van der Waals surface area contributed by atoms with Crippen molar-refractivity contribution in [3.05, 3.63) is 47.0 Å². The Morgan fingerprint density at radius 3 is 2.39 bits per heavy atom. The van der Waals surface area contributed by atoms with E-state index in [0.717, 1.165) is 0 Å². The number of carbonyl (C=O) groups excluding carboxylic acids is 1. The highest BCUT2D eigenvalue weighted by molar-refractivity contribution is 6.30. The molecule has 0 saturated heterocycles. The van der Waals surface area contributed by atoms with Crippen molar-refractivity contribution in [3.63, 3.8) is 0 Å².